The van der Waals surface area contributed by atoms with E-state index in [9.17, 15) is 14.7 Å². The Morgan fingerprint density at radius 2 is 2.18 bits per heavy atom. The van der Waals surface area contributed by atoms with E-state index in [1.165, 1.54) is 4.57 Å². The number of rotatable bonds is 2. The van der Waals surface area contributed by atoms with Gasteiger partial charge in [0.2, 0.25) is 0 Å². The first kappa shape index (κ1) is 14.5. The number of hydrogen-bond acceptors (Lipinski definition) is 5. The Kier molecular flexibility index (Phi) is 3.33. The van der Waals surface area contributed by atoms with Gasteiger partial charge >= 0.3 is 5.97 Å². The summed E-state index contributed by atoms with van der Waals surface area (Å²) in [6.07, 6.45) is 1.76. The number of hydrogen-bond donors (Lipinski definition) is 1. The summed E-state index contributed by atoms with van der Waals surface area (Å²) >= 11 is 0. The molecule has 1 aliphatic heterocycles. The molecule has 0 aliphatic carbocycles. The van der Waals surface area contributed by atoms with Crippen LogP contribution in [0.1, 0.15) is 24.5 Å². The quantitative estimate of drug-likeness (QED) is 0.840. The summed E-state index contributed by atoms with van der Waals surface area (Å²) in [6, 6.07) is 7.02. The van der Waals surface area contributed by atoms with Crippen molar-refractivity contribution in [3.63, 3.8) is 0 Å². The molecule has 22 heavy (non-hydrogen) atoms. The molecular weight excluding hydrogens is 284 g/mol. The van der Waals surface area contributed by atoms with Crippen molar-refractivity contribution in [2.24, 2.45) is 7.05 Å². The van der Waals surface area contributed by atoms with Crippen LogP contribution in [0.4, 0.5) is 0 Å². The third kappa shape index (κ3) is 1.95. The van der Waals surface area contributed by atoms with Gasteiger partial charge in [0.05, 0.1) is 17.0 Å². The minimum atomic E-state index is -1.79. The molecule has 1 atom stereocenters. The Labute approximate surface area is 127 Å². The Bertz CT molecular complexity index is 798. The Morgan fingerprint density at radius 1 is 1.41 bits per heavy atom. The van der Waals surface area contributed by atoms with Crippen LogP contribution < -0.4 is 5.56 Å². The van der Waals surface area contributed by atoms with Gasteiger partial charge in [0, 0.05) is 18.8 Å². The third-order valence-corrected chi connectivity index (χ3v) is 4.10. The zero-order chi connectivity index (χ0) is 15.9. The van der Waals surface area contributed by atoms with E-state index in [4.69, 9.17) is 4.74 Å². The van der Waals surface area contributed by atoms with E-state index in [0.29, 0.717) is 22.5 Å². The molecule has 3 heterocycles. The third-order valence-electron chi connectivity index (χ3n) is 4.10. The number of carbonyl (C=O) groups excluding carboxylic acids is 1. The van der Waals surface area contributed by atoms with Crippen molar-refractivity contribution in [3.8, 4) is 11.4 Å². The highest BCUT2D eigenvalue weighted by Crippen LogP contribution is 2.34. The molecule has 0 amide bonds. The van der Waals surface area contributed by atoms with E-state index in [1.807, 2.05) is 6.07 Å². The summed E-state index contributed by atoms with van der Waals surface area (Å²) in [6.45, 7) is 1.56. The molecule has 1 aliphatic rings. The highest BCUT2D eigenvalue weighted by molar-refractivity contribution is 5.83. The maximum atomic E-state index is 12.6. The van der Waals surface area contributed by atoms with Gasteiger partial charge < -0.3 is 14.4 Å². The van der Waals surface area contributed by atoms with Crippen LogP contribution in [0.15, 0.2) is 35.3 Å². The second-order valence-corrected chi connectivity index (χ2v) is 5.29. The van der Waals surface area contributed by atoms with Crippen LogP contribution in [0.3, 0.4) is 0 Å². The van der Waals surface area contributed by atoms with Gasteiger partial charge in [-0.1, -0.05) is 13.0 Å². The second kappa shape index (κ2) is 5.06. The van der Waals surface area contributed by atoms with E-state index < -0.39 is 11.6 Å². The molecule has 6 nitrogen and oxygen atoms in total. The van der Waals surface area contributed by atoms with Gasteiger partial charge in [0.1, 0.15) is 6.61 Å². The van der Waals surface area contributed by atoms with E-state index in [-0.39, 0.29) is 18.6 Å². The van der Waals surface area contributed by atoms with Gasteiger partial charge in [-0.15, -0.1) is 0 Å². The molecule has 3 rings (SSSR count). The Balaban J connectivity index is 2.32. The van der Waals surface area contributed by atoms with Crippen molar-refractivity contribution in [1.82, 2.24) is 9.55 Å². The molecule has 2 aromatic heterocycles. The summed E-state index contributed by atoms with van der Waals surface area (Å²) < 4.78 is 6.43. The Hall–Kier alpha value is -2.47. The minimum absolute atomic E-state index is 0.119. The second-order valence-electron chi connectivity index (χ2n) is 5.29. The lowest BCUT2D eigenvalue weighted by molar-refractivity contribution is -0.172. The number of nitrogens with zero attached hydrogens (tertiary/aromatic N) is 2. The average Bonchev–Trinajstić information content (AvgIpc) is 2.55. The van der Waals surface area contributed by atoms with Gasteiger partial charge in [0.25, 0.3) is 5.56 Å². The topological polar surface area (TPSA) is 81.4 Å². The highest BCUT2D eigenvalue weighted by atomic mass is 16.6. The molecule has 1 N–H and O–H groups in total. The lowest BCUT2D eigenvalue weighted by atomic mass is 9.86. The first-order valence-electron chi connectivity index (χ1n) is 7.03. The summed E-state index contributed by atoms with van der Waals surface area (Å²) in [5.74, 6) is -0.720. The molecule has 0 bridgehead atoms. The van der Waals surface area contributed by atoms with Crippen molar-refractivity contribution in [2.45, 2.75) is 25.6 Å². The summed E-state index contributed by atoms with van der Waals surface area (Å²) in [7, 11) is 1.63. The Morgan fingerprint density at radius 3 is 2.82 bits per heavy atom. The summed E-state index contributed by atoms with van der Waals surface area (Å²) in [5, 5.41) is 10.6. The number of cyclic esters (lactones) is 1. The number of pyridine rings is 2. The number of aliphatic hydroxyl groups is 1. The summed E-state index contributed by atoms with van der Waals surface area (Å²) in [5.41, 5.74) is -0.309. The molecule has 0 radical (unpaired) electrons. The average molecular weight is 300 g/mol. The molecule has 2 aromatic rings. The van der Waals surface area contributed by atoms with Gasteiger partial charge in [0.15, 0.2) is 5.60 Å². The molecule has 1 unspecified atom stereocenters. The van der Waals surface area contributed by atoms with Crippen molar-refractivity contribution in [1.29, 1.82) is 0 Å². The largest absolute Gasteiger partial charge is 0.458 e. The molecular formula is C16H16N2O4. The zero-order valence-corrected chi connectivity index (χ0v) is 12.4. The fourth-order valence-corrected chi connectivity index (χ4v) is 2.72. The lowest BCUT2D eigenvalue weighted by Crippen LogP contribution is -2.44. The van der Waals surface area contributed by atoms with Gasteiger partial charge in [-0.05, 0) is 24.6 Å². The molecule has 0 spiro atoms. The smallest absolute Gasteiger partial charge is 0.343 e. The fraction of sp³-hybridized carbons (Fsp3) is 0.312. The molecule has 6 heteroatoms. The van der Waals surface area contributed by atoms with Crippen molar-refractivity contribution in [3.05, 3.63) is 51.9 Å². The van der Waals surface area contributed by atoms with Crippen LogP contribution in [0.2, 0.25) is 0 Å². The predicted molar refractivity (Wildman–Crippen MR) is 78.9 cm³/mol. The van der Waals surface area contributed by atoms with Crippen LogP contribution in [-0.2, 0) is 28.8 Å². The molecule has 0 saturated carbocycles. The maximum Gasteiger partial charge on any atom is 0.343 e. The standard InChI is InChI=1S/C16H16N2O4/c1-3-16(21)11-8-13(12-6-4-5-7-17-12)18(2)14(19)10(11)9-22-15(16)20/h4-8,21H,3,9H2,1-2H3. The van der Waals surface area contributed by atoms with Crippen LogP contribution in [-0.4, -0.2) is 20.6 Å². The first-order chi connectivity index (χ1) is 10.5. The molecule has 0 saturated heterocycles. The van der Waals surface area contributed by atoms with E-state index in [1.54, 1.807) is 38.4 Å². The zero-order valence-electron chi connectivity index (χ0n) is 12.4. The van der Waals surface area contributed by atoms with Gasteiger partial charge in [-0.3, -0.25) is 9.78 Å². The normalized spacial score (nSPS) is 20.4. The van der Waals surface area contributed by atoms with Crippen LogP contribution in [0.25, 0.3) is 11.4 Å². The van der Waals surface area contributed by atoms with Crippen LogP contribution >= 0.6 is 0 Å². The fourth-order valence-electron chi connectivity index (χ4n) is 2.72. The number of aromatic nitrogens is 2. The van der Waals surface area contributed by atoms with E-state index in [2.05, 4.69) is 4.98 Å². The number of fused-ring (bicyclic) bond motifs is 1. The first-order valence-corrected chi connectivity index (χ1v) is 7.03. The predicted octanol–water partition coefficient (Wildman–Crippen LogP) is 1.10. The number of esters is 1. The van der Waals surface area contributed by atoms with Crippen LogP contribution in [0.5, 0.6) is 0 Å². The van der Waals surface area contributed by atoms with Crippen molar-refractivity contribution in [2.75, 3.05) is 0 Å². The summed E-state index contributed by atoms with van der Waals surface area (Å²) in [4.78, 5) is 28.7. The monoisotopic (exact) mass is 300 g/mol. The van der Waals surface area contributed by atoms with Gasteiger partial charge in [-0.25, -0.2) is 4.79 Å². The van der Waals surface area contributed by atoms with E-state index >= 15 is 0 Å². The lowest BCUT2D eigenvalue weighted by Gasteiger charge is -2.32. The van der Waals surface area contributed by atoms with Crippen molar-refractivity contribution < 1.29 is 14.6 Å². The molecule has 0 aromatic carbocycles. The number of carbonyl (C=O) groups is 1. The minimum Gasteiger partial charge on any atom is -0.458 e. The number of ether oxygens (including phenoxy) is 1. The van der Waals surface area contributed by atoms with Crippen molar-refractivity contribution >= 4 is 5.97 Å². The molecule has 0 fully saturated rings. The SMILES string of the molecule is CCC1(O)C(=O)OCc2c1cc(-c1ccccn1)n(C)c2=O. The molecule has 114 valence electrons. The highest BCUT2D eigenvalue weighted by Gasteiger charge is 2.44. The maximum absolute atomic E-state index is 12.6. The van der Waals surface area contributed by atoms with Gasteiger partial charge in [-0.2, -0.15) is 0 Å². The van der Waals surface area contributed by atoms with E-state index in [0.717, 1.165) is 0 Å². The van der Waals surface area contributed by atoms with Crippen LogP contribution in [0, 0.1) is 0 Å².